The summed E-state index contributed by atoms with van der Waals surface area (Å²) in [6.45, 7) is 1.32. The molecule has 0 radical (unpaired) electrons. The SMILES string of the molecule is CC(=O)SCC(O)C(O)c1cc(F)c(F)cc1N. The zero-order valence-electron chi connectivity index (χ0n) is 9.56. The summed E-state index contributed by atoms with van der Waals surface area (Å²) < 4.78 is 25.8. The number of carbonyl (C=O) groups excluding carboxylic acids is 1. The first kappa shape index (κ1) is 14.9. The van der Waals surface area contributed by atoms with Gasteiger partial charge in [-0.1, -0.05) is 11.8 Å². The maximum absolute atomic E-state index is 13.0. The van der Waals surface area contributed by atoms with E-state index in [1.807, 2.05) is 0 Å². The summed E-state index contributed by atoms with van der Waals surface area (Å²) in [6.07, 6.45) is -2.78. The quantitative estimate of drug-likeness (QED) is 0.721. The van der Waals surface area contributed by atoms with Crippen LogP contribution in [-0.2, 0) is 4.79 Å². The molecule has 0 aromatic heterocycles. The summed E-state index contributed by atoms with van der Waals surface area (Å²) >= 11 is 0.818. The van der Waals surface area contributed by atoms with Crippen LogP contribution in [0, 0.1) is 11.6 Å². The summed E-state index contributed by atoms with van der Waals surface area (Å²) in [5.74, 6) is -2.35. The van der Waals surface area contributed by atoms with Gasteiger partial charge in [-0.05, 0) is 6.07 Å². The normalized spacial score (nSPS) is 14.3. The van der Waals surface area contributed by atoms with E-state index < -0.39 is 23.8 Å². The van der Waals surface area contributed by atoms with Crippen molar-refractivity contribution in [2.75, 3.05) is 11.5 Å². The first-order valence-corrected chi connectivity index (χ1v) is 6.05. The van der Waals surface area contributed by atoms with Gasteiger partial charge in [0, 0.05) is 30.0 Å². The van der Waals surface area contributed by atoms with Crippen molar-refractivity contribution in [3.63, 3.8) is 0 Å². The fourth-order valence-electron chi connectivity index (χ4n) is 1.33. The second-order valence-corrected chi connectivity index (χ2v) is 4.91. The molecule has 0 aliphatic heterocycles. The number of anilines is 1. The molecule has 0 fully saturated rings. The van der Waals surface area contributed by atoms with Crippen LogP contribution in [0.4, 0.5) is 14.5 Å². The van der Waals surface area contributed by atoms with Gasteiger partial charge in [-0.15, -0.1) is 0 Å². The summed E-state index contributed by atoms with van der Waals surface area (Å²) in [6, 6.07) is 1.47. The Labute approximate surface area is 107 Å². The Morgan fingerprint density at radius 1 is 1.39 bits per heavy atom. The number of hydrogen-bond donors (Lipinski definition) is 3. The number of aliphatic hydroxyl groups is 2. The largest absolute Gasteiger partial charge is 0.398 e. The molecule has 0 heterocycles. The Hall–Kier alpha value is -1.18. The van der Waals surface area contributed by atoms with Gasteiger partial charge in [0.1, 0.15) is 6.10 Å². The van der Waals surface area contributed by atoms with Gasteiger partial charge in [0.05, 0.1) is 6.10 Å². The zero-order chi connectivity index (χ0) is 13.9. The maximum atomic E-state index is 13.0. The van der Waals surface area contributed by atoms with Crippen molar-refractivity contribution in [3.05, 3.63) is 29.3 Å². The smallest absolute Gasteiger partial charge is 0.185 e. The van der Waals surface area contributed by atoms with Gasteiger partial charge in [-0.25, -0.2) is 8.78 Å². The Kier molecular flexibility index (Phi) is 5.06. The third kappa shape index (κ3) is 3.66. The van der Waals surface area contributed by atoms with E-state index in [9.17, 15) is 23.8 Å². The van der Waals surface area contributed by atoms with E-state index in [1.54, 1.807) is 0 Å². The topological polar surface area (TPSA) is 83.5 Å². The molecule has 0 saturated carbocycles. The number of nitrogen functional groups attached to an aromatic ring is 1. The van der Waals surface area contributed by atoms with Crippen molar-refractivity contribution >= 4 is 22.6 Å². The van der Waals surface area contributed by atoms with Crippen LogP contribution in [-0.4, -0.2) is 27.2 Å². The third-order valence-corrected chi connectivity index (χ3v) is 3.18. The highest BCUT2D eigenvalue weighted by Gasteiger charge is 2.22. The van der Waals surface area contributed by atoms with Gasteiger partial charge in [-0.2, -0.15) is 0 Å². The lowest BCUT2D eigenvalue weighted by atomic mass is 10.0. The fraction of sp³-hybridized carbons (Fsp3) is 0.364. The molecule has 2 unspecified atom stereocenters. The monoisotopic (exact) mass is 277 g/mol. The van der Waals surface area contributed by atoms with Gasteiger partial charge in [0.15, 0.2) is 16.7 Å². The molecule has 0 aliphatic carbocycles. The van der Waals surface area contributed by atoms with Crippen LogP contribution in [0.15, 0.2) is 12.1 Å². The maximum Gasteiger partial charge on any atom is 0.185 e. The molecule has 1 rings (SSSR count). The predicted molar refractivity (Wildman–Crippen MR) is 64.9 cm³/mol. The van der Waals surface area contributed by atoms with Crippen LogP contribution in [0.25, 0.3) is 0 Å². The number of aliphatic hydroxyl groups excluding tert-OH is 2. The minimum absolute atomic E-state index is 0.0606. The summed E-state index contributed by atoms with van der Waals surface area (Å²) in [7, 11) is 0. The van der Waals surface area contributed by atoms with E-state index in [0.29, 0.717) is 0 Å². The molecular weight excluding hydrogens is 264 g/mol. The number of halogens is 2. The van der Waals surface area contributed by atoms with Gasteiger partial charge < -0.3 is 15.9 Å². The van der Waals surface area contributed by atoms with Crippen LogP contribution in [0.1, 0.15) is 18.6 Å². The van der Waals surface area contributed by atoms with Crippen LogP contribution < -0.4 is 5.73 Å². The van der Waals surface area contributed by atoms with Gasteiger partial charge in [0.2, 0.25) is 0 Å². The molecule has 1 aromatic rings. The lowest BCUT2D eigenvalue weighted by Crippen LogP contribution is -2.22. The van der Waals surface area contributed by atoms with E-state index in [0.717, 1.165) is 23.9 Å². The second kappa shape index (κ2) is 6.12. The number of thioether (sulfide) groups is 1. The lowest BCUT2D eigenvalue weighted by Gasteiger charge is -2.19. The summed E-state index contributed by atoms with van der Waals surface area (Å²) in [5.41, 5.74) is 5.17. The zero-order valence-corrected chi connectivity index (χ0v) is 10.4. The van der Waals surface area contributed by atoms with Gasteiger partial charge in [-0.3, -0.25) is 4.79 Å². The highest BCUT2D eigenvalue weighted by atomic mass is 32.2. The lowest BCUT2D eigenvalue weighted by molar-refractivity contribution is -0.109. The standard InChI is InChI=1S/C11H13F2NO3S/c1-5(15)18-4-10(16)11(17)6-2-7(12)8(13)3-9(6)14/h2-3,10-11,16-17H,4,14H2,1H3. The van der Waals surface area contributed by atoms with E-state index in [4.69, 9.17) is 5.73 Å². The fourth-order valence-corrected chi connectivity index (χ4v) is 1.92. The average molecular weight is 277 g/mol. The molecule has 4 nitrogen and oxygen atoms in total. The first-order chi connectivity index (χ1) is 8.32. The van der Waals surface area contributed by atoms with Crippen molar-refractivity contribution in [1.29, 1.82) is 0 Å². The number of benzene rings is 1. The van der Waals surface area contributed by atoms with Crippen molar-refractivity contribution in [2.45, 2.75) is 19.1 Å². The Balaban J connectivity index is 2.86. The molecule has 18 heavy (non-hydrogen) atoms. The van der Waals surface area contributed by atoms with Crippen molar-refractivity contribution in [2.24, 2.45) is 0 Å². The van der Waals surface area contributed by atoms with E-state index in [-0.39, 0.29) is 22.1 Å². The average Bonchev–Trinajstić information content (AvgIpc) is 2.29. The number of carbonyl (C=O) groups is 1. The molecule has 0 saturated heterocycles. The number of hydrogen-bond acceptors (Lipinski definition) is 5. The molecule has 7 heteroatoms. The van der Waals surface area contributed by atoms with Crippen LogP contribution in [0.5, 0.6) is 0 Å². The molecule has 0 bridgehead atoms. The first-order valence-electron chi connectivity index (χ1n) is 5.06. The third-order valence-electron chi connectivity index (χ3n) is 2.27. The number of rotatable bonds is 4. The molecule has 1 aromatic carbocycles. The van der Waals surface area contributed by atoms with E-state index >= 15 is 0 Å². The Morgan fingerprint density at radius 3 is 2.50 bits per heavy atom. The molecule has 0 amide bonds. The van der Waals surface area contributed by atoms with E-state index in [2.05, 4.69) is 0 Å². The Bertz CT molecular complexity index is 456. The molecule has 2 atom stereocenters. The Morgan fingerprint density at radius 2 is 1.94 bits per heavy atom. The summed E-state index contributed by atoms with van der Waals surface area (Å²) in [5, 5.41) is 19.1. The van der Waals surface area contributed by atoms with Gasteiger partial charge in [0.25, 0.3) is 0 Å². The van der Waals surface area contributed by atoms with Crippen LogP contribution in [0.2, 0.25) is 0 Å². The minimum Gasteiger partial charge on any atom is -0.398 e. The van der Waals surface area contributed by atoms with Crippen molar-refractivity contribution in [1.82, 2.24) is 0 Å². The van der Waals surface area contributed by atoms with Crippen molar-refractivity contribution < 1.29 is 23.8 Å². The molecule has 4 N–H and O–H groups in total. The van der Waals surface area contributed by atoms with Crippen LogP contribution in [0.3, 0.4) is 0 Å². The highest BCUT2D eigenvalue weighted by Crippen LogP contribution is 2.27. The second-order valence-electron chi connectivity index (χ2n) is 3.71. The predicted octanol–water partition coefficient (Wildman–Crippen LogP) is 1.22. The molecule has 100 valence electrons. The molecular formula is C11H13F2NO3S. The van der Waals surface area contributed by atoms with Gasteiger partial charge >= 0.3 is 0 Å². The summed E-state index contributed by atoms with van der Waals surface area (Å²) in [4.78, 5) is 10.7. The molecule has 0 spiro atoms. The highest BCUT2D eigenvalue weighted by molar-refractivity contribution is 8.13. The number of nitrogens with two attached hydrogens (primary N) is 1. The minimum atomic E-state index is -1.48. The van der Waals surface area contributed by atoms with E-state index in [1.165, 1.54) is 6.92 Å². The van der Waals surface area contributed by atoms with Crippen molar-refractivity contribution in [3.8, 4) is 0 Å². The molecule has 0 aliphatic rings. The van der Waals surface area contributed by atoms with Crippen LogP contribution >= 0.6 is 11.8 Å².